The van der Waals surface area contributed by atoms with Gasteiger partial charge in [-0.1, -0.05) is 13.8 Å². The molecule has 1 aromatic heterocycles. The fraction of sp³-hybridized carbons (Fsp3) is 0.714. The summed E-state index contributed by atoms with van der Waals surface area (Å²) >= 11 is 0. The first kappa shape index (κ1) is 9.63. The van der Waals surface area contributed by atoms with E-state index in [-0.39, 0.29) is 5.92 Å². The highest BCUT2D eigenvalue weighted by Gasteiger charge is 2.20. The number of carboxylic acid groups (broad SMARTS) is 1. The lowest BCUT2D eigenvalue weighted by Gasteiger charge is -2.09. The first-order valence-electron chi connectivity index (χ1n) is 4.04. The average Bonchev–Trinajstić information content (AvgIpc) is 2.50. The first-order chi connectivity index (χ1) is 6.04. The van der Waals surface area contributed by atoms with Gasteiger partial charge in [-0.15, -0.1) is 5.10 Å². The van der Waals surface area contributed by atoms with Crippen LogP contribution in [0.4, 0.5) is 0 Å². The maximum absolute atomic E-state index is 10.7. The van der Waals surface area contributed by atoms with Crippen LogP contribution in [0.5, 0.6) is 0 Å². The molecule has 72 valence electrons. The fourth-order valence-corrected chi connectivity index (χ4v) is 0.961. The number of nitrogens with zero attached hydrogens (tertiary/aromatic N) is 4. The van der Waals surface area contributed by atoms with Crippen molar-refractivity contribution in [3.05, 3.63) is 5.82 Å². The van der Waals surface area contributed by atoms with Crippen LogP contribution < -0.4 is 0 Å². The van der Waals surface area contributed by atoms with E-state index in [9.17, 15) is 4.79 Å². The van der Waals surface area contributed by atoms with Crippen LogP contribution in [0.2, 0.25) is 0 Å². The van der Waals surface area contributed by atoms with Crippen molar-refractivity contribution in [3.8, 4) is 0 Å². The summed E-state index contributed by atoms with van der Waals surface area (Å²) in [6, 6.07) is -0.715. The SMILES string of the molecule is CC(C)c1nnnn1C(C)C(=O)O. The van der Waals surface area contributed by atoms with E-state index in [0.29, 0.717) is 5.82 Å². The predicted molar refractivity (Wildman–Crippen MR) is 44.3 cm³/mol. The van der Waals surface area contributed by atoms with Crippen LogP contribution in [-0.2, 0) is 4.79 Å². The van der Waals surface area contributed by atoms with Crippen molar-refractivity contribution in [2.24, 2.45) is 0 Å². The summed E-state index contributed by atoms with van der Waals surface area (Å²) in [7, 11) is 0. The van der Waals surface area contributed by atoms with Gasteiger partial charge in [0.25, 0.3) is 0 Å². The van der Waals surface area contributed by atoms with Gasteiger partial charge < -0.3 is 5.11 Å². The second-order valence-corrected chi connectivity index (χ2v) is 3.15. The van der Waals surface area contributed by atoms with E-state index in [4.69, 9.17) is 5.11 Å². The Kier molecular flexibility index (Phi) is 2.60. The van der Waals surface area contributed by atoms with Crippen LogP contribution in [0.25, 0.3) is 0 Å². The number of hydrogen-bond donors (Lipinski definition) is 1. The molecule has 1 rings (SSSR count). The second kappa shape index (κ2) is 3.51. The summed E-state index contributed by atoms with van der Waals surface area (Å²) in [4.78, 5) is 10.7. The van der Waals surface area contributed by atoms with E-state index in [1.54, 1.807) is 6.92 Å². The summed E-state index contributed by atoms with van der Waals surface area (Å²) in [5, 5.41) is 19.6. The van der Waals surface area contributed by atoms with Gasteiger partial charge in [0, 0.05) is 5.92 Å². The molecule has 1 heterocycles. The van der Waals surface area contributed by atoms with Crippen LogP contribution in [0, 0.1) is 0 Å². The summed E-state index contributed by atoms with van der Waals surface area (Å²) in [5.74, 6) is -0.221. The Bertz CT molecular complexity index is 307. The lowest BCUT2D eigenvalue weighted by atomic mass is 10.2. The molecule has 1 aromatic rings. The number of carbonyl (C=O) groups is 1. The molecule has 0 aliphatic carbocycles. The highest BCUT2D eigenvalue weighted by molar-refractivity contribution is 5.71. The van der Waals surface area contributed by atoms with Crippen LogP contribution in [0.15, 0.2) is 0 Å². The monoisotopic (exact) mass is 184 g/mol. The number of carboxylic acids is 1. The zero-order chi connectivity index (χ0) is 10.0. The number of aliphatic carboxylic acids is 1. The molecule has 6 heteroatoms. The van der Waals surface area contributed by atoms with E-state index in [1.165, 1.54) is 4.68 Å². The maximum Gasteiger partial charge on any atom is 0.328 e. The topological polar surface area (TPSA) is 80.9 Å². The van der Waals surface area contributed by atoms with Gasteiger partial charge in [0.2, 0.25) is 0 Å². The zero-order valence-electron chi connectivity index (χ0n) is 7.80. The first-order valence-corrected chi connectivity index (χ1v) is 4.04. The quantitative estimate of drug-likeness (QED) is 0.737. The van der Waals surface area contributed by atoms with Crippen LogP contribution in [0.1, 0.15) is 38.6 Å². The summed E-state index contributed by atoms with van der Waals surface area (Å²) in [6.45, 7) is 5.37. The third-order valence-corrected chi connectivity index (χ3v) is 1.76. The Morgan fingerprint density at radius 2 is 2.08 bits per heavy atom. The number of tetrazole rings is 1. The Balaban J connectivity index is 3.00. The molecule has 0 aliphatic rings. The molecule has 0 aromatic carbocycles. The van der Waals surface area contributed by atoms with Crippen molar-refractivity contribution in [1.29, 1.82) is 0 Å². The predicted octanol–water partition coefficient (Wildman–Crippen LogP) is 0.442. The number of aromatic nitrogens is 4. The molecule has 6 nitrogen and oxygen atoms in total. The molecule has 0 saturated carbocycles. The minimum Gasteiger partial charge on any atom is -0.480 e. The largest absolute Gasteiger partial charge is 0.480 e. The van der Waals surface area contributed by atoms with Crippen LogP contribution in [0.3, 0.4) is 0 Å². The highest BCUT2D eigenvalue weighted by Crippen LogP contribution is 2.13. The van der Waals surface area contributed by atoms with Crippen molar-refractivity contribution in [3.63, 3.8) is 0 Å². The molecule has 1 unspecified atom stereocenters. The molecule has 0 bridgehead atoms. The Hall–Kier alpha value is -1.46. The molecule has 0 aliphatic heterocycles. The van der Waals surface area contributed by atoms with E-state index in [2.05, 4.69) is 15.5 Å². The second-order valence-electron chi connectivity index (χ2n) is 3.15. The number of rotatable bonds is 3. The van der Waals surface area contributed by atoms with E-state index in [1.807, 2.05) is 13.8 Å². The van der Waals surface area contributed by atoms with Gasteiger partial charge in [-0.05, 0) is 17.4 Å². The molecule has 1 N–H and O–H groups in total. The van der Waals surface area contributed by atoms with Gasteiger partial charge in [0.1, 0.15) is 6.04 Å². The summed E-state index contributed by atoms with van der Waals surface area (Å²) in [6.07, 6.45) is 0. The minimum absolute atomic E-state index is 0.122. The number of hydrogen-bond acceptors (Lipinski definition) is 4. The Labute approximate surface area is 75.6 Å². The standard InChI is InChI=1S/C7H12N4O2/c1-4(2)6-8-9-10-11(6)5(3)7(12)13/h4-5H,1-3H3,(H,12,13). The molecule has 0 amide bonds. The molecule has 1 atom stereocenters. The van der Waals surface area contributed by atoms with Crippen molar-refractivity contribution in [1.82, 2.24) is 20.2 Å². The molecule has 13 heavy (non-hydrogen) atoms. The van der Waals surface area contributed by atoms with Crippen molar-refractivity contribution >= 4 is 5.97 Å². The van der Waals surface area contributed by atoms with Crippen molar-refractivity contribution in [2.75, 3.05) is 0 Å². The van der Waals surface area contributed by atoms with Gasteiger partial charge >= 0.3 is 5.97 Å². The molecule has 0 fully saturated rings. The van der Waals surface area contributed by atoms with Crippen LogP contribution in [-0.4, -0.2) is 31.3 Å². The molecule has 0 radical (unpaired) electrons. The third-order valence-electron chi connectivity index (χ3n) is 1.76. The van der Waals surface area contributed by atoms with Gasteiger partial charge in [-0.3, -0.25) is 0 Å². The average molecular weight is 184 g/mol. The van der Waals surface area contributed by atoms with E-state index < -0.39 is 12.0 Å². The van der Waals surface area contributed by atoms with E-state index >= 15 is 0 Å². The molecule has 0 saturated heterocycles. The van der Waals surface area contributed by atoms with E-state index in [0.717, 1.165) is 0 Å². The molecular formula is C7H12N4O2. The normalized spacial score (nSPS) is 13.2. The Morgan fingerprint density at radius 3 is 2.54 bits per heavy atom. The third kappa shape index (κ3) is 1.82. The maximum atomic E-state index is 10.7. The van der Waals surface area contributed by atoms with Gasteiger partial charge in [-0.2, -0.15) is 0 Å². The van der Waals surface area contributed by atoms with Gasteiger partial charge in [0.15, 0.2) is 5.82 Å². The lowest BCUT2D eigenvalue weighted by molar-refractivity contribution is -0.140. The summed E-state index contributed by atoms with van der Waals surface area (Å²) in [5.41, 5.74) is 0. The molecular weight excluding hydrogens is 172 g/mol. The smallest absolute Gasteiger partial charge is 0.328 e. The minimum atomic E-state index is -0.936. The van der Waals surface area contributed by atoms with Gasteiger partial charge in [0.05, 0.1) is 0 Å². The van der Waals surface area contributed by atoms with Crippen molar-refractivity contribution in [2.45, 2.75) is 32.7 Å². The van der Waals surface area contributed by atoms with Crippen molar-refractivity contribution < 1.29 is 9.90 Å². The van der Waals surface area contributed by atoms with Crippen LogP contribution >= 0.6 is 0 Å². The Morgan fingerprint density at radius 1 is 1.46 bits per heavy atom. The lowest BCUT2D eigenvalue weighted by Crippen LogP contribution is -2.19. The zero-order valence-corrected chi connectivity index (χ0v) is 7.80. The summed E-state index contributed by atoms with van der Waals surface area (Å²) < 4.78 is 1.33. The molecule has 0 spiro atoms. The highest BCUT2D eigenvalue weighted by atomic mass is 16.4. The fourth-order valence-electron chi connectivity index (χ4n) is 0.961. The van der Waals surface area contributed by atoms with Gasteiger partial charge in [-0.25, -0.2) is 9.48 Å².